The Morgan fingerprint density at radius 2 is 1.59 bits per heavy atom. The zero-order chi connectivity index (χ0) is 19.8. The fraction of sp³-hybridized carbons (Fsp3) is 0.0417. The highest BCUT2D eigenvalue weighted by Crippen LogP contribution is 2.45. The van der Waals surface area contributed by atoms with Gasteiger partial charge in [-0.05, 0) is 42.3 Å². The Labute approximate surface area is 168 Å². The van der Waals surface area contributed by atoms with Crippen molar-refractivity contribution in [3.63, 3.8) is 0 Å². The fourth-order valence-corrected chi connectivity index (χ4v) is 3.53. The third-order valence-electron chi connectivity index (χ3n) is 4.83. The van der Waals surface area contributed by atoms with Gasteiger partial charge in [0.2, 0.25) is 0 Å². The van der Waals surface area contributed by atoms with Gasteiger partial charge in [-0.1, -0.05) is 48.5 Å². The van der Waals surface area contributed by atoms with Gasteiger partial charge < -0.3 is 4.74 Å². The van der Waals surface area contributed by atoms with E-state index in [2.05, 4.69) is 28.2 Å². The average molecular weight is 379 g/mol. The third kappa shape index (κ3) is 2.93. The van der Waals surface area contributed by atoms with Crippen LogP contribution in [0.3, 0.4) is 0 Å². The van der Waals surface area contributed by atoms with E-state index in [0.29, 0.717) is 22.9 Å². The molecular formula is C24H17N3O2. The second-order valence-electron chi connectivity index (χ2n) is 6.82. The topological polar surface area (TPSA) is 55.3 Å². The number of esters is 1. The molecule has 4 aromatic rings. The number of nitrogens with zero attached hydrogens (tertiary/aromatic N) is 3. The first-order valence-electron chi connectivity index (χ1n) is 9.31. The number of hydrogen-bond acceptors (Lipinski definition) is 5. The maximum atomic E-state index is 12.8. The monoisotopic (exact) mass is 379 g/mol. The first-order chi connectivity index (χ1) is 14.2. The van der Waals surface area contributed by atoms with Gasteiger partial charge in [0.15, 0.2) is 17.4 Å². The molecule has 0 saturated heterocycles. The maximum Gasteiger partial charge on any atom is 0.347 e. The molecule has 1 aliphatic heterocycles. The van der Waals surface area contributed by atoms with E-state index in [4.69, 9.17) is 4.74 Å². The van der Waals surface area contributed by atoms with E-state index in [-0.39, 0.29) is 0 Å². The minimum absolute atomic E-state index is 0.394. The van der Waals surface area contributed by atoms with E-state index in [1.54, 1.807) is 24.5 Å². The van der Waals surface area contributed by atoms with E-state index >= 15 is 0 Å². The molecule has 0 saturated carbocycles. The fourth-order valence-electron chi connectivity index (χ4n) is 3.53. The Hall–Kier alpha value is -3.99. The molecule has 29 heavy (non-hydrogen) atoms. The molecule has 5 heteroatoms. The number of fused-ring (bicyclic) bond motifs is 2. The summed E-state index contributed by atoms with van der Waals surface area (Å²) in [6.45, 7) is 1.92. The lowest BCUT2D eigenvalue weighted by Crippen LogP contribution is -2.15. The number of aryl methyl sites for hydroxylation is 1. The molecule has 0 radical (unpaired) electrons. The van der Waals surface area contributed by atoms with Crippen LogP contribution in [-0.2, 0) is 0 Å². The van der Waals surface area contributed by atoms with E-state index < -0.39 is 5.97 Å². The van der Waals surface area contributed by atoms with Gasteiger partial charge >= 0.3 is 5.97 Å². The van der Waals surface area contributed by atoms with Crippen molar-refractivity contribution in [3.8, 4) is 16.9 Å². The van der Waals surface area contributed by atoms with Gasteiger partial charge in [0.25, 0.3) is 0 Å². The number of carbonyl (C=O) groups is 1. The predicted octanol–water partition coefficient (Wildman–Crippen LogP) is 5.45. The van der Waals surface area contributed by atoms with Crippen LogP contribution >= 0.6 is 0 Å². The number of anilines is 3. The molecule has 0 unspecified atom stereocenters. The molecule has 5 rings (SSSR count). The number of benzene rings is 2. The Balaban J connectivity index is 1.82. The lowest BCUT2D eigenvalue weighted by Gasteiger charge is -2.25. The van der Waals surface area contributed by atoms with Crippen molar-refractivity contribution in [2.45, 2.75) is 6.92 Å². The number of pyridine rings is 2. The molecule has 0 bridgehead atoms. The predicted molar refractivity (Wildman–Crippen MR) is 112 cm³/mol. The molecule has 0 atom stereocenters. The number of carbonyl (C=O) groups excluding carboxylic acids is 1. The van der Waals surface area contributed by atoms with Crippen LogP contribution in [0.2, 0.25) is 0 Å². The van der Waals surface area contributed by atoms with Crippen molar-refractivity contribution >= 4 is 23.3 Å². The quantitative estimate of drug-likeness (QED) is 0.433. The summed E-state index contributed by atoms with van der Waals surface area (Å²) in [6.07, 6.45) is 3.43. The van der Waals surface area contributed by atoms with Gasteiger partial charge in [0.1, 0.15) is 5.56 Å². The van der Waals surface area contributed by atoms with E-state index in [1.807, 2.05) is 54.3 Å². The Morgan fingerprint density at radius 1 is 0.828 bits per heavy atom. The Bertz CT molecular complexity index is 1220. The summed E-state index contributed by atoms with van der Waals surface area (Å²) in [5.74, 6) is 0.998. The van der Waals surface area contributed by atoms with Crippen LogP contribution < -0.4 is 9.64 Å². The van der Waals surface area contributed by atoms with Gasteiger partial charge in [-0.2, -0.15) is 0 Å². The summed E-state index contributed by atoms with van der Waals surface area (Å²) in [7, 11) is 0. The summed E-state index contributed by atoms with van der Waals surface area (Å²) in [5.41, 5.74) is 4.24. The summed E-state index contributed by atoms with van der Waals surface area (Å²) in [6, 6.07) is 23.4. The normalized spacial score (nSPS) is 12.6. The molecule has 140 valence electrons. The standard InChI is InChI=1S/C24H17N3O2/c1-16-14-21-23(26-15-16)27(22-19(24(28)29-21)11-7-13-25-22)20-12-6-5-10-18(20)17-8-3-2-4-9-17/h2-15H,1H3. The largest absolute Gasteiger partial charge is 0.419 e. The van der Waals surface area contributed by atoms with Gasteiger partial charge in [-0.3, -0.25) is 4.90 Å². The number of aromatic nitrogens is 2. The second kappa shape index (κ2) is 6.87. The molecule has 0 amide bonds. The average Bonchev–Trinajstić information content (AvgIpc) is 2.88. The number of hydrogen-bond donors (Lipinski definition) is 0. The smallest absolute Gasteiger partial charge is 0.347 e. The summed E-state index contributed by atoms with van der Waals surface area (Å²) in [5, 5.41) is 0. The molecule has 0 spiro atoms. The molecule has 5 nitrogen and oxygen atoms in total. The SMILES string of the molecule is Cc1cnc2c(c1)OC(=O)c1cccnc1N2c1ccccc1-c1ccccc1. The van der Waals surface area contributed by atoms with E-state index in [0.717, 1.165) is 22.4 Å². The molecule has 1 aliphatic rings. The van der Waals surface area contributed by atoms with Gasteiger partial charge in [0.05, 0.1) is 5.69 Å². The van der Waals surface area contributed by atoms with Crippen molar-refractivity contribution < 1.29 is 9.53 Å². The maximum absolute atomic E-state index is 12.8. The zero-order valence-electron chi connectivity index (χ0n) is 15.7. The lowest BCUT2D eigenvalue weighted by atomic mass is 10.0. The van der Waals surface area contributed by atoms with Crippen LogP contribution in [-0.4, -0.2) is 15.9 Å². The number of para-hydroxylation sites is 1. The minimum atomic E-state index is -0.443. The molecule has 0 N–H and O–H groups in total. The van der Waals surface area contributed by atoms with Gasteiger partial charge in [0, 0.05) is 18.0 Å². The zero-order valence-corrected chi connectivity index (χ0v) is 15.7. The first-order valence-corrected chi connectivity index (χ1v) is 9.31. The van der Waals surface area contributed by atoms with Crippen molar-refractivity contribution in [1.29, 1.82) is 0 Å². The van der Waals surface area contributed by atoms with Crippen molar-refractivity contribution in [2.24, 2.45) is 0 Å². The van der Waals surface area contributed by atoms with Crippen LogP contribution in [0.5, 0.6) is 5.75 Å². The molecule has 0 fully saturated rings. The highest BCUT2D eigenvalue weighted by atomic mass is 16.5. The second-order valence-corrected chi connectivity index (χ2v) is 6.82. The van der Waals surface area contributed by atoms with Crippen molar-refractivity contribution in [2.75, 3.05) is 4.90 Å². The molecular weight excluding hydrogens is 362 g/mol. The lowest BCUT2D eigenvalue weighted by molar-refractivity contribution is 0.0738. The molecule has 2 aromatic heterocycles. The number of ether oxygens (including phenoxy) is 1. The highest BCUT2D eigenvalue weighted by molar-refractivity contribution is 6.02. The van der Waals surface area contributed by atoms with Crippen LogP contribution in [0.15, 0.2) is 85.2 Å². The van der Waals surface area contributed by atoms with Crippen LogP contribution in [0.4, 0.5) is 17.3 Å². The van der Waals surface area contributed by atoms with Gasteiger partial charge in [-0.25, -0.2) is 14.8 Å². The Kier molecular flexibility index (Phi) is 4.06. The highest BCUT2D eigenvalue weighted by Gasteiger charge is 2.31. The van der Waals surface area contributed by atoms with Crippen LogP contribution in [0.25, 0.3) is 11.1 Å². The van der Waals surface area contributed by atoms with Crippen molar-refractivity contribution in [3.05, 3.63) is 96.3 Å². The van der Waals surface area contributed by atoms with Crippen LogP contribution in [0.1, 0.15) is 15.9 Å². The summed E-state index contributed by atoms with van der Waals surface area (Å²) >= 11 is 0. The van der Waals surface area contributed by atoms with E-state index in [9.17, 15) is 4.79 Å². The van der Waals surface area contributed by atoms with Crippen LogP contribution in [0, 0.1) is 6.92 Å². The molecule has 0 aliphatic carbocycles. The Morgan fingerprint density at radius 3 is 2.45 bits per heavy atom. The van der Waals surface area contributed by atoms with E-state index in [1.165, 1.54) is 0 Å². The molecule has 2 aromatic carbocycles. The first kappa shape index (κ1) is 17.1. The third-order valence-corrected chi connectivity index (χ3v) is 4.83. The molecule has 3 heterocycles. The van der Waals surface area contributed by atoms with Crippen molar-refractivity contribution in [1.82, 2.24) is 9.97 Å². The minimum Gasteiger partial charge on any atom is -0.419 e. The number of rotatable bonds is 2. The summed E-state index contributed by atoms with van der Waals surface area (Å²) < 4.78 is 5.68. The van der Waals surface area contributed by atoms with Gasteiger partial charge in [-0.15, -0.1) is 0 Å². The summed E-state index contributed by atoms with van der Waals surface area (Å²) in [4.78, 5) is 23.8.